The predicted molar refractivity (Wildman–Crippen MR) is 126 cm³/mol. The first-order valence-electron chi connectivity index (χ1n) is 9.80. The van der Waals surface area contributed by atoms with E-state index in [1.165, 1.54) is 0 Å². The summed E-state index contributed by atoms with van der Waals surface area (Å²) in [4.78, 5) is 25.8. The second kappa shape index (κ2) is 10.4. The molecule has 2 aromatic heterocycles. The number of piperazine rings is 1. The van der Waals surface area contributed by atoms with Gasteiger partial charge in [-0.1, -0.05) is 23.2 Å². The van der Waals surface area contributed by atoms with Gasteiger partial charge in [0, 0.05) is 73.0 Å². The molecule has 4 rings (SSSR count). The van der Waals surface area contributed by atoms with Crippen LogP contribution in [0.3, 0.4) is 0 Å². The molecule has 31 heavy (non-hydrogen) atoms. The molecule has 7 nitrogen and oxygen atoms in total. The topological polar surface area (TPSA) is 78.0 Å². The lowest BCUT2D eigenvalue weighted by Gasteiger charge is -2.41. The van der Waals surface area contributed by atoms with Crippen LogP contribution >= 0.6 is 35.6 Å². The first-order chi connectivity index (χ1) is 14.5. The van der Waals surface area contributed by atoms with Crippen molar-refractivity contribution in [3.8, 4) is 11.5 Å². The summed E-state index contributed by atoms with van der Waals surface area (Å²) in [6.45, 7) is 5.43. The summed E-state index contributed by atoms with van der Waals surface area (Å²) in [7, 11) is 0. The van der Waals surface area contributed by atoms with Crippen molar-refractivity contribution in [1.29, 1.82) is 0 Å². The van der Waals surface area contributed by atoms with E-state index in [1.807, 2.05) is 12.1 Å². The lowest BCUT2D eigenvalue weighted by molar-refractivity contribution is 0.0959. The van der Waals surface area contributed by atoms with Gasteiger partial charge in [-0.2, -0.15) is 5.10 Å². The standard InChI is InChI=1S/C21H22Cl2N6O.ClH/c1-14-13-28(7-8-29(14)17-10-15(22)9-16(23)11-17)6-3-19(30)18-12-26-27-20(18)21-24-4-2-5-25-21;/h2,4-5,9-12,14H,3,6-8,13H2,1H3,(H,26,27);1H. The molecule has 0 aliphatic carbocycles. The van der Waals surface area contributed by atoms with Gasteiger partial charge in [-0.05, 0) is 31.2 Å². The molecule has 0 radical (unpaired) electrons. The second-order valence-electron chi connectivity index (χ2n) is 7.36. The summed E-state index contributed by atoms with van der Waals surface area (Å²) in [5.74, 6) is 0.479. The van der Waals surface area contributed by atoms with Crippen molar-refractivity contribution in [3.05, 3.63) is 58.5 Å². The number of nitrogens with one attached hydrogen (secondary N) is 1. The van der Waals surface area contributed by atoms with Crippen LogP contribution in [0.1, 0.15) is 23.7 Å². The Morgan fingerprint density at radius 2 is 1.87 bits per heavy atom. The number of hydrogen-bond donors (Lipinski definition) is 1. The van der Waals surface area contributed by atoms with Crippen molar-refractivity contribution < 1.29 is 4.79 Å². The van der Waals surface area contributed by atoms with Crippen LogP contribution in [0, 0.1) is 0 Å². The van der Waals surface area contributed by atoms with Crippen molar-refractivity contribution in [2.45, 2.75) is 19.4 Å². The largest absolute Gasteiger partial charge is 0.366 e. The lowest BCUT2D eigenvalue weighted by Crippen LogP contribution is -2.52. The van der Waals surface area contributed by atoms with E-state index in [9.17, 15) is 4.79 Å². The molecule has 1 aromatic carbocycles. The molecule has 0 bridgehead atoms. The Hall–Kier alpha value is -2.19. The normalized spacial score (nSPS) is 16.7. The monoisotopic (exact) mass is 480 g/mol. The van der Waals surface area contributed by atoms with Crippen LogP contribution in [-0.2, 0) is 0 Å². The zero-order valence-electron chi connectivity index (χ0n) is 17.0. The maximum atomic E-state index is 12.8. The van der Waals surface area contributed by atoms with Crippen LogP contribution in [0.4, 0.5) is 5.69 Å². The average molecular weight is 482 g/mol. The highest BCUT2D eigenvalue weighted by atomic mass is 35.5. The van der Waals surface area contributed by atoms with Crippen LogP contribution in [0.5, 0.6) is 0 Å². The molecule has 3 heterocycles. The number of rotatable bonds is 6. The quantitative estimate of drug-likeness (QED) is 0.527. The zero-order chi connectivity index (χ0) is 21.1. The minimum atomic E-state index is 0. The van der Waals surface area contributed by atoms with Gasteiger partial charge in [-0.25, -0.2) is 9.97 Å². The van der Waals surface area contributed by atoms with Gasteiger partial charge in [0.25, 0.3) is 0 Å². The maximum absolute atomic E-state index is 12.8. The third kappa shape index (κ3) is 5.54. The Kier molecular flexibility index (Phi) is 7.89. The van der Waals surface area contributed by atoms with E-state index in [0.717, 1.165) is 25.3 Å². The number of aromatic amines is 1. The predicted octanol–water partition coefficient (Wildman–Crippen LogP) is 4.38. The molecule has 3 aromatic rings. The van der Waals surface area contributed by atoms with Crippen molar-refractivity contribution >= 4 is 47.1 Å². The number of nitrogens with zero attached hydrogens (tertiary/aromatic N) is 5. The highest BCUT2D eigenvalue weighted by Crippen LogP contribution is 2.28. The van der Waals surface area contributed by atoms with Gasteiger partial charge in [0.15, 0.2) is 11.6 Å². The number of benzene rings is 1. The van der Waals surface area contributed by atoms with E-state index in [-0.39, 0.29) is 24.2 Å². The molecule has 1 fully saturated rings. The van der Waals surface area contributed by atoms with Crippen molar-refractivity contribution in [1.82, 2.24) is 25.1 Å². The summed E-state index contributed by atoms with van der Waals surface area (Å²) < 4.78 is 0. The fourth-order valence-corrected chi connectivity index (χ4v) is 4.33. The van der Waals surface area contributed by atoms with Crippen LogP contribution in [0.15, 0.2) is 42.9 Å². The minimum absolute atomic E-state index is 0. The first kappa shape index (κ1) is 23.5. The van der Waals surface area contributed by atoms with Gasteiger partial charge in [0.2, 0.25) is 0 Å². The first-order valence-corrected chi connectivity index (χ1v) is 10.6. The zero-order valence-corrected chi connectivity index (χ0v) is 19.3. The molecule has 10 heteroatoms. The molecule has 1 N–H and O–H groups in total. The SMILES string of the molecule is CC1CN(CCC(=O)c2c[nH]nc2-c2ncccn2)CCN1c1cc(Cl)cc(Cl)c1.Cl. The number of hydrogen-bond acceptors (Lipinski definition) is 6. The van der Waals surface area contributed by atoms with E-state index in [1.54, 1.807) is 30.7 Å². The highest BCUT2D eigenvalue weighted by molar-refractivity contribution is 6.35. The third-order valence-electron chi connectivity index (χ3n) is 5.26. The van der Waals surface area contributed by atoms with E-state index in [0.29, 0.717) is 40.1 Å². The van der Waals surface area contributed by atoms with E-state index >= 15 is 0 Å². The van der Waals surface area contributed by atoms with Crippen LogP contribution in [0.25, 0.3) is 11.5 Å². The number of H-pyrrole nitrogens is 1. The fraction of sp³-hybridized carbons (Fsp3) is 0.333. The average Bonchev–Trinajstić information content (AvgIpc) is 3.22. The Labute approximate surface area is 197 Å². The molecule has 0 spiro atoms. The highest BCUT2D eigenvalue weighted by Gasteiger charge is 2.25. The number of halogens is 3. The van der Waals surface area contributed by atoms with Crippen LogP contribution in [-0.4, -0.2) is 63.1 Å². The molecular formula is C21H23Cl3N6O. The Morgan fingerprint density at radius 3 is 2.55 bits per heavy atom. The van der Waals surface area contributed by atoms with Gasteiger partial charge >= 0.3 is 0 Å². The number of anilines is 1. The van der Waals surface area contributed by atoms with Gasteiger partial charge in [0.05, 0.1) is 5.56 Å². The molecule has 1 unspecified atom stereocenters. The van der Waals surface area contributed by atoms with E-state index < -0.39 is 0 Å². The van der Waals surface area contributed by atoms with Crippen LogP contribution in [0.2, 0.25) is 10.0 Å². The smallest absolute Gasteiger partial charge is 0.180 e. The summed E-state index contributed by atoms with van der Waals surface area (Å²) in [6.07, 6.45) is 5.31. The van der Waals surface area contributed by atoms with Gasteiger partial charge in [0.1, 0.15) is 5.69 Å². The summed E-state index contributed by atoms with van der Waals surface area (Å²) in [5.41, 5.74) is 2.06. The molecule has 1 aliphatic heterocycles. The Balaban J connectivity index is 0.00000272. The van der Waals surface area contributed by atoms with Gasteiger partial charge in [-0.15, -0.1) is 12.4 Å². The fourth-order valence-electron chi connectivity index (χ4n) is 3.81. The van der Waals surface area contributed by atoms with Crippen molar-refractivity contribution in [3.63, 3.8) is 0 Å². The molecule has 1 saturated heterocycles. The molecule has 1 aliphatic rings. The second-order valence-corrected chi connectivity index (χ2v) is 8.24. The number of aromatic nitrogens is 4. The Bertz CT molecular complexity index is 1010. The van der Waals surface area contributed by atoms with E-state index in [2.05, 4.69) is 36.9 Å². The maximum Gasteiger partial charge on any atom is 0.180 e. The third-order valence-corrected chi connectivity index (χ3v) is 5.70. The molecule has 1 atom stereocenters. The van der Waals surface area contributed by atoms with Crippen LogP contribution < -0.4 is 4.90 Å². The number of carbonyl (C=O) groups excluding carboxylic acids is 1. The number of carbonyl (C=O) groups is 1. The Morgan fingerprint density at radius 1 is 1.16 bits per heavy atom. The van der Waals surface area contributed by atoms with Gasteiger partial charge in [-0.3, -0.25) is 14.8 Å². The summed E-state index contributed by atoms with van der Waals surface area (Å²) >= 11 is 12.3. The lowest BCUT2D eigenvalue weighted by atomic mass is 10.1. The molecule has 0 saturated carbocycles. The van der Waals surface area contributed by atoms with Crippen molar-refractivity contribution in [2.24, 2.45) is 0 Å². The summed E-state index contributed by atoms with van der Waals surface area (Å²) in [6, 6.07) is 7.63. The molecule has 0 amide bonds. The molecule has 164 valence electrons. The number of Topliss-reactive ketones (excluding diaryl/α,β-unsaturated/α-hetero) is 1. The molecular weight excluding hydrogens is 459 g/mol. The van der Waals surface area contributed by atoms with E-state index in [4.69, 9.17) is 23.2 Å². The minimum Gasteiger partial charge on any atom is -0.366 e. The number of ketones is 1. The van der Waals surface area contributed by atoms with Crippen molar-refractivity contribution in [2.75, 3.05) is 31.1 Å². The summed E-state index contributed by atoms with van der Waals surface area (Å²) in [5, 5.41) is 8.19. The van der Waals surface area contributed by atoms with Gasteiger partial charge < -0.3 is 4.90 Å².